The van der Waals surface area contributed by atoms with Crippen molar-refractivity contribution in [3.05, 3.63) is 61.1 Å². The lowest BCUT2D eigenvalue weighted by Gasteiger charge is -2.15. The number of benzene rings is 2. The van der Waals surface area contributed by atoms with Crippen LogP contribution < -0.4 is 10.0 Å². The van der Waals surface area contributed by atoms with Crippen molar-refractivity contribution in [1.82, 2.24) is 29.4 Å². The summed E-state index contributed by atoms with van der Waals surface area (Å²) in [7, 11) is -3.55. The predicted octanol–water partition coefficient (Wildman–Crippen LogP) is 4.02. The third-order valence-corrected chi connectivity index (χ3v) is 7.82. The van der Waals surface area contributed by atoms with Gasteiger partial charge in [-0.1, -0.05) is 19.1 Å². The molecule has 10 heteroatoms. The molecule has 3 heterocycles. The highest BCUT2D eigenvalue weighted by molar-refractivity contribution is 7.89. The van der Waals surface area contributed by atoms with E-state index < -0.39 is 10.0 Å². The topological polar surface area (TPSA) is 105 Å². The summed E-state index contributed by atoms with van der Waals surface area (Å²) >= 11 is 0. The van der Waals surface area contributed by atoms with Crippen LogP contribution in [-0.4, -0.2) is 59.2 Å². The van der Waals surface area contributed by atoms with Crippen molar-refractivity contribution in [3.63, 3.8) is 0 Å². The fourth-order valence-corrected chi connectivity index (χ4v) is 5.42. The maximum Gasteiger partial charge on any atom is 0.240 e. The van der Waals surface area contributed by atoms with Gasteiger partial charge in [-0.05, 0) is 68.2 Å². The maximum atomic E-state index is 12.6. The molecule has 1 aliphatic rings. The number of aryl methyl sites for hydroxylation is 1. The number of nitrogens with zero attached hydrogens (tertiary/aromatic N) is 5. The first-order chi connectivity index (χ1) is 17.5. The highest BCUT2D eigenvalue weighted by Gasteiger charge is 2.16. The Balaban J connectivity index is 1.26. The molecule has 36 heavy (non-hydrogen) atoms. The summed E-state index contributed by atoms with van der Waals surface area (Å²) in [5.74, 6) is 0.445. The van der Waals surface area contributed by atoms with E-state index in [-0.39, 0.29) is 4.90 Å². The molecule has 0 atom stereocenters. The predicted molar refractivity (Wildman–Crippen MR) is 142 cm³/mol. The van der Waals surface area contributed by atoms with Crippen molar-refractivity contribution in [2.24, 2.45) is 0 Å². The minimum atomic E-state index is -3.55. The summed E-state index contributed by atoms with van der Waals surface area (Å²) in [5, 5.41) is 8.53. The molecule has 2 aromatic heterocycles. The minimum Gasteiger partial charge on any atom is -0.324 e. The van der Waals surface area contributed by atoms with Gasteiger partial charge >= 0.3 is 0 Å². The number of rotatable bonds is 10. The number of likely N-dealkylation sites (tertiary alicyclic amines) is 1. The van der Waals surface area contributed by atoms with Gasteiger partial charge in [0.05, 0.1) is 16.6 Å². The molecule has 1 fully saturated rings. The Bertz CT molecular complexity index is 1430. The molecular weight excluding hydrogens is 474 g/mol. The van der Waals surface area contributed by atoms with E-state index in [2.05, 4.69) is 36.9 Å². The van der Waals surface area contributed by atoms with Gasteiger partial charge in [-0.3, -0.25) is 4.68 Å². The molecule has 1 saturated heterocycles. The third-order valence-electron chi connectivity index (χ3n) is 6.34. The zero-order valence-electron chi connectivity index (χ0n) is 20.4. The summed E-state index contributed by atoms with van der Waals surface area (Å²) in [6, 6.07) is 12.7. The third kappa shape index (κ3) is 5.72. The first-order valence-electron chi connectivity index (χ1n) is 12.4. The van der Waals surface area contributed by atoms with Gasteiger partial charge in [-0.2, -0.15) is 5.10 Å². The van der Waals surface area contributed by atoms with Gasteiger partial charge in [0.25, 0.3) is 0 Å². The fraction of sp³-hybridized carbons (Fsp3) is 0.346. The Morgan fingerprint density at radius 3 is 2.56 bits per heavy atom. The Morgan fingerprint density at radius 1 is 0.972 bits per heavy atom. The Hall–Kier alpha value is -3.34. The van der Waals surface area contributed by atoms with Gasteiger partial charge < -0.3 is 10.2 Å². The standard InChI is InChI=1S/C26H31N7O2S/c1-2-12-33-19-22(18-28-33)20-5-6-21-17-27-26(31-25(21)16-20)30-23-7-9-24(10-8-23)36(34,35)29-11-15-32-13-3-4-14-32/h5-10,16-19,29H,2-4,11-15H2,1H3,(H,27,30,31). The SMILES string of the molecule is CCCn1cc(-c2ccc3cnc(Nc4ccc(S(=O)(=O)NCCN5CCCC5)cc4)nc3c2)cn1. The number of hydrogen-bond donors (Lipinski definition) is 2. The summed E-state index contributed by atoms with van der Waals surface area (Å²) in [6.07, 6.45) is 9.10. The second kappa shape index (κ2) is 10.7. The Labute approximate surface area is 211 Å². The van der Waals surface area contributed by atoms with Gasteiger partial charge in [0.15, 0.2) is 0 Å². The maximum absolute atomic E-state index is 12.6. The van der Waals surface area contributed by atoms with Gasteiger partial charge in [0.2, 0.25) is 16.0 Å². The largest absolute Gasteiger partial charge is 0.324 e. The van der Waals surface area contributed by atoms with Gasteiger partial charge in [0, 0.05) is 48.7 Å². The van der Waals surface area contributed by atoms with E-state index in [0.717, 1.165) is 54.6 Å². The molecule has 4 aromatic rings. The molecule has 188 valence electrons. The van der Waals surface area contributed by atoms with Gasteiger partial charge in [-0.15, -0.1) is 0 Å². The average molecular weight is 506 g/mol. The van der Waals surface area contributed by atoms with E-state index in [1.165, 1.54) is 12.8 Å². The molecule has 5 rings (SSSR count). The second-order valence-corrected chi connectivity index (χ2v) is 10.8. The molecule has 9 nitrogen and oxygen atoms in total. The van der Waals surface area contributed by atoms with Crippen molar-refractivity contribution in [2.45, 2.75) is 37.6 Å². The smallest absolute Gasteiger partial charge is 0.240 e. The molecule has 0 unspecified atom stereocenters. The zero-order valence-corrected chi connectivity index (χ0v) is 21.2. The lowest BCUT2D eigenvalue weighted by atomic mass is 10.1. The second-order valence-electron chi connectivity index (χ2n) is 9.06. The summed E-state index contributed by atoms with van der Waals surface area (Å²) in [4.78, 5) is 11.6. The quantitative estimate of drug-likeness (QED) is 0.335. The number of nitrogens with one attached hydrogen (secondary N) is 2. The number of sulfonamides is 1. The van der Waals surface area contributed by atoms with Crippen LogP contribution in [-0.2, 0) is 16.6 Å². The molecule has 0 bridgehead atoms. The number of fused-ring (bicyclic) bond motifs is 1. The molecule has 2 N–H and O–H groups in total. The van der Waals surface area contributed by atoms with Crippen molar-refractivity contribution in [3.8, 4) is 11.1 Å². The van der Waals surface area contributed by atoms with Gasteiger partial charge in [-0.25, -0.2) is 23.1 Å². The molecular formula is C26H31N7O2S. The van der Waals surface area contributed by atoms with E-state index in [0.29, 0.717) is 18.2 Å². The lowest BCUT2D eigenvalue weighted by molar-refractivity contribution is 0.344. The van der Waals surface area contributed by atoms with E-state index in [4.69, 9.17) is 0 Å². The first kappa shape index (κ1) is 24.4. The van der Waals surface area contributed by atoms with Crippen molar-refractivity contribution < 1.29 is 8.42 Å². The number of anilines is 2. The molecule has 2 aromatic carbocycles. The van der Waals surface area contributed by atoms with Crippen LogP contribution >= 0.6 is 0 Å². The summed E-state index contributed by atoms with van der Waals surface area (Å²) in [6.45, 7) is 6.25. The van der Waals surface area contributed by atoms with E-state index in [1.807, 2.05) is 35.3 Å². The normalized spacial score (nSPS) is 14.5. The van der Waals surface area contributed by atoms with Crippen molar-refractivity contribution >= 4 is 32.6 Å². The fourth-order valence-electron chi connectivity index (χ4n) is 4.40. The zero-order chi connectivity index (χ0) is 25.0. The van der Waals surface area contributed by atoms with Crippen molar-refractivity contribution in [2.75, 3.05) is 31.5 Å². The molecule has 0 saturated carbocycles. The number of hydrogen-bond acceptors (Lipinski definition) is 7. The van der Waals surface area contributed by atoms with Crippen LogP contribution in [0.15, 0.2) is 66.0 Å². The molecule has 0 radical (unpaired) electrons. The molecule has 0 aliphatic carbocycles. The Kier molecular flexibility index (Phi) is 7.26. The minimum absolute atomic E-state index is 0.238. The van der Waals surface area contributed by atoms with Gasteiger partial charge in [0.1, 0.15) is 0 Å². The van der Waals surface area contributed by atoms with Crippen LogP contribution in [0.2, 0.25) is 0 Å². The van der Waals surface area contributed by atoms with Crippen LogP contribution in [0.1, 0.15) is 26.2 Å². The highest BCUT2D eigenvalue weighted by atomic mass is 32.2. The molecule has 0 amide bonds. The van der Waals surface area contributed by atoms with Crippen LogP contribution in [0.3, 0.4) is 0 Å². The van der Waals surface area contributed by atoms with E-state index in [1.54, 1.807) is 30.5 Å². The molecule has 0 spiro atoms. The monoisotopic (exact) mass is 505 g/mol. The van der Waals surface area contributed by atoms with Crippen LogP contribution in [0.5, 0.6) is 0 Å². The Morgan fingerprint density at radius 2 is 1.78 bits per heavy atom. The van der Waals surface area contributed by atoms with Crippen molar-refractivity contribution in [1.29, 1.82) is 0 Å². The van der Waals surface area contributed by atoms with Crippen LogP contribution in [0.4, 0.5) is 11.6 Å². The van der Waals surface area contributed by atoms with E-state index >= 15 is 0 Å². The lowest BCUT2D eigenvalue weighted by Crippen LogP contribution is -2.33. The summed E-state index contributed by atoms with van der Waals surface area (Å²) < 4.78 is 29.9. The van der Waals surface area contributed by atoms with Crippen LogP contribution in [0, 0.1) is 0 Å². The van der Waals surface area contributed by atoms with Crippen LogP contribution in [0.25, 0.3) is 22.0 Å². The molecule has 1 aliphatic heterocycles. The highest BCUT2D eigenvalue weighted by Crippen LogP contribution is 2.24. The summed E-state index contributed by atoms with van der Waals surface area (Å²) in [5.41, 5.74) is 3.61. The first-order valence-corrected chi connectivity index (χ1v) is 13.9. The van der Waals surface area contributed by atoms with E-state index in [9.17, 15) is 8.42 Å². The average Bonchev–Trinajstić information content (AvgIpc) is 3.57. The number of aromatic nitrogens is 4.